The van der Waals surface area contributed by atoms with Gasteiger partial charge in [-0.15, -0.1) is 0 Å². The molecular weight excluding hydrogens is 300 g/mol. The normalized spacial score (nSPS) is 63.3. The Bertz CT molecular complexity index is 616. The number of rotatable bonds is 1. The van der Waals surface area contributed by atoms with Crippen LogP contribution in [0.1, 0.15) is 65.7 Å². The third-order valence-corrected chi connectivity index (χ3v) is 10.1. The minimum absolute atomic E-state index is 0.0554. The van der Waals surface area contributed by atoms with Crippen LogP contribution in [0.25, 0.3) is 0 Å². The van der Waals surface area contributed by atoms with Crippen molar-refractivity contribution in [2.24, 2.45) is 45.3 Å². The highest BCUT2D eigenvalue weighted by Gasteiger charge is 2.80. The third-order valence-electron chi connectivity index (χ3n) is 10.1. The van der Waals surface area contributed by atoms with E-state index in [1.165, 1.54) is 32.8 Å². The Labute approximate surface area is 145 Å². The molecule has 1 spiro atoms. The smallest absolute Gasteiger partial charge is 0.311 e. The quantitative estimate of drug-likeness (QED) is 0.743. The summed E-state index contributed by atoms with van der Waals surface area (Å²) < 4.78 is 5.22. The first-order valence-corrected chi connectivity index (χ1v) is 9.99. The summed E-state index contributed by atoms with van der Waals surface area (Å²) in [7, 11) is 1.52. The van der Waals surface area contributed by atoms with Gasteiger partial charge in [-0.1, -0.05) is 20.3 Å². The first-order valence-electron chi connectivity index (χ1n) is 9.99. The molecule has 9 unspecified atom stereocenters. The fourth-order valence-corrected chi connectivity index (χ4v) is 8.99. The van der Waals surface area contributed by atoms with Crippen molar-refractivity contribution in [1.29, 1.82) is 0 Å². The van der Waals surface area contributed by atoms with Gasteiger partial charge in [0.05, 0.1) is 18.6 Å². The zero-order valence-corrected chi connectivity index (χ0v) is 15.6. The Morgan fingerprint density at radius 3 is 2.42 bits per heavy atom. The SMILES string of the molecule is COC(=O)C1(C)CCCC2(C)C1CC(O)C13CC4C(CC21)C4(C)C3. The molecule has 134 valence electrons. The van der Waals surface area contributed by atoms with Crippen molar-refractivity contribution in [2.45, 2.75) is 71.8 Å². The van der Waals surface area contributed by atoms with Crippen molar-refractivity contribution < 1.29 is 14.6 Å². The second kappa shape index (κ2) is 4.22. The standard InChI is InChI=1S/C21H32O3/c1-18-6-5-7-19(2,17(23)24-4)14(18)9-16(22)21-10-13-12(8-15(18)21)20(13,3)11-21/h12-16,22H,5-11H2,1-4H3. The summed E-state index contributed by atoms with van der Waals surface area (Å²) in [6, 6.07) is 0. The maximum atomic E-state index is 12.7. The van der Waals surface area contributed by atoms with Gasteiger partial charge in [-0.3, -0.25) is 4.79 Å². The summed E-state index contributed by atoms with van der Waals surface area (Å²) in [6.45, 7) is 7.03. The zero-order chi connectivity index (χ0) is 17.1. The minimum atomic E-state index is -0.419. The van der Waals surface area contributed by atoms with Gasteiger partial charge in [-0.2, -0.15) is 0 Å². The number of aliphatic hydroxyl groups is 1. The highest BCUT2D eigenvalue weighted by Crippen LogP contribution is 2.85. The number of esters is 1. The fourth-order valence-electron chi connectivity index (χ4n) is 8.99. The number of ether oxygens (including phenoxy) is 1. The number of methoxy groups -OCH3 is 1. The van der Waals surface area contributed by atoms with Gasteiger partial charge in [-0.25, -0.2) is 0 Å². The predicted octanol–water partition coefficient (Wildman–Crippen LogP) is 3.79. The van der Waals surface area contributed by atoms with E-state index in [0.717, 1.165) is 31.1 Å². The second-order valence-corrected chi connectivity index (χ2v) is 10.7. The van der Waals surface area contributed by atoms with Gasteiger partial charge in [0.1, 0.15) is 0 Å². The Kier molecular flexibility index (Phi) is 2.75. The van der Waals surface area contributed by atoms with Crippen LogP contribution in [0.2, 0.25) is 0 Å². The van der Waals surface area contributed by atoms with Crippen molar-refractivity contribution >= 4 is 5.97 Å². The Morgan fingerprint density at radius 2 is 1.79 bits per heavy atom. The monoisotopic (exact) mass is 332 g/mol. The first-order chi connectivity index (χ1) is 11.2. The molecular formula is C21H32O3. The molecule has 0 aliphatic heterocycles. The number of carbonyl (C=O) groups is 1. The molecule has 6 aliphatic carbocycles. The predicted molar refractivity (Wildman–Crippen MR) is 91.1 cm³/mol. The molecule has 6 fully saturated rings. The summed E-state index contributed by atoms with van der Waals surface area (Å²) in [5.74, 6) is 2.57. The van der Waals surface area contributed by atoms with Crippen molar-refractivity contribution in [3.63, 3.8) is 0 Å². The fraction of sp³-hybridized carbons (Fsp3) is 0.952. The molecule has 0 radical (unpaired) electrons. The molecule has 0 aromatic rings. The Hall–Kier alpha value is -0.570. The zero-order valence-electron chi connectivity index (χ0n) is 15.6. The van der Waals surface area contributed by atoms with E-state index in [2.05, 4.69) is 20.8 Å². The van der Waals surface area contributed by atoms with Gasteiger partial charge >= 0.3 is 5.97 Å². The Morgan fingerprint density at radius 1 is 1.04 bits per heavy atom. The van der Waals surface area contributed by atoms with Crippen LogP contribution in [-0.2, 0) is 9.53 Å². The summed E-state index contributed by atoms with van der Waals surface area (Å²) in [5.41, 5.74) is 0.446. The summed E-state index contributed by atoms with van der Waals surface area (Å²) >= 11 is 0. The largest absolute Gasteiger partial charge is 0.469 e. The lowest BCUT2D eigenvalue weighted by molar-refractivity contribution is -0.220. The molecule has 6 rings (SSSR count). The van der Waals surface area contributed by atoms with Crippen LogP contribution in [-0.4, -0.2) is 24.3 Å². The molecule has 4 bridgehead atoms. The number of aliphatic hydroxyl groups excluding tert-OH is 1. The molecule has 0 aromatic heterocycles. The summed E-state index contributed by atoms with van der Waals surface area (Å²) in [5, 5.41) is 11.3. The molecule has 3 heteroatoms. The van der Waals surface area contributed by atoms with Crippen LogP contribution in [0.3, 0.4) is 0 Å². The van der Waals surface area contributed by atoms with Gasteiger partial charge in [0, 0.05) is 5.41 Å². The van der Waals surface area contributed by atoms with Gasteiger partial charge in [0.15, 0.2) is 0 Å². The summed E-state index contributed by atoms with van der Waals surface area (Å²) in [6.07, 6.45) is 7.60. The van der Waals surface area contributed by atoms with Crippen LogP contribution in [0.15, 0.2) is 0 Å². The lowest BCUT2D eigenvalue weighted by Crippen LogP contribution is -2.64. The van der Waals surface area contributed by atoms with E-state index in [4.69, 9.17) is 4.74 Å². The van der Waals surface area contributed by atoms with Crippen molar-refractivity contribution in [2.75, 3.05) is 7.11 Å². The molecule has 0 heterocycles. The lowest BCUT2D eigenvalue weighted by Gasteiger charge is -2.66. The van der Waals surface area contributed by atoms with Crippen molar-refractivity contribution in [3.8, 4) is 0 Å². The highest BCUT2D eigenvalue weighted by molar-refractivity contribution is 5.77. The maximum Gasteiger partial charge on any atom is 0.311 e. The van der Waals surface area contributed by atoms with E-state index in [-0.39, 0.29) is 28.8 Å². The highest BCUT2D eigenvalue weighted by atomic mass is 16.5. The molecule has 9 atom stereocenters. The van der Waals surface area contributed by atoms with E-state index in [0.29, 0.717) is 11.3 Å². The number of carbonyl (C=O) groups excluding carboxylic acids is 1. The van der Waals surface area contributed by atoms with E-state index in [1.54, 1.807) is 0 Å². The number of hydrogen-bond donors (Lipinski definition) is 1. The van der Waals surface area contributed by atoms with Crippen LogP contribution >= 0.6 is 0 Å². The van der Waals surface area contributed by atoms with E-state index in [9.17, 15) is 9.90 Å². The number of fused-ring (bicyclic) bond motifs is 1. The second-order valence-electron chi connectivity index (χ2n) is 10.7. The van der Waals surface area contributed by atoms with Crippen LogP contribution in [0.5, 0.6) is 0 Å². The Balaban J connectivity index is 1.58. The molecule has 6 saturated carbocycles. The van der Waals surface area contributed by atoms with Crippen LogP contribution in [0.4, 0.5) is 0 Å². The summed E-state index contributed by atoms with van der Waals surface area (Å²) in [4.78, 5) is 12.7. The molecule has 0 amide bonds. The molecule has 0 saturated heterocycles. The van der Waals surface area contributed by atoms with Gasteiger partial charge in [0.2, 0.25) is 0 Å². The van der Waals surface area contributed by atoms with Gasteiger partial charge in [-0.05, 0) is 80.0 Å². The third kappa shape index (κ3) is 1.45. The molecule has 6 aliphatic rings. The van der Waals surface area contributed by atoms with Gasteiger partial charge < -0.3 is 9.84 Å². The topological polar surface area (TPSA) is 46.5 Å². The minimum Gasteiger partial charge on any atom is -0.469 e. The van der Waals surface area contributed by atoms with Crippen molar-refractivity contribution in [3.05, 3.63) is 0 Å². The average Bonchev–Trinajstić information content (AvgIpc) is 3.00. The van der Waals surface area contributed by atoms with Crippen molar-refractivity contribution in [1.82, 2.24) is 0 Å². The molecule has 0 aromatic carbocycles. The van der Waals surface area contributed by atoms with Crippen LogP contribution in [0, 0.1) is 45.3 Å². The van der Waals surface area contributed by atoms with E-state index >= 15 is 0 Å². The van der Waals surface area contributed by atoms with Crippen LogP contribution < -0.4 is 0 Å². The molecule has 1 N–H and O–H groups in total. The molecule has 3 nitrogen and oxygen atoms in total. The van der Waals surface area contributed by atoms with E-state index in [1.807, 2.05) is 0 Å². The van der Waals surface area contributed by atoms with E-state index < -0.39 is 5.41 Å². The maximum absolute atomic E-state index is 12.7. The molecule has 24 heavy (non-hydrogen) atoms. The number of hydrogen-bond acceptors (Lipinski definition) is 3. The van der Waals surface area contributed by atoms with Gasteiger partial charge in [0.25, 0.3) is 0 Å². The first kappa shape index (κ1) is 15.7. The average molecular weight is 332 g/mol. The lowest BCUT2D eigenvalue weighted by atomic mass is 9.39.